The third-order valence-electron chi connectivity index (χ3n) is 6.28. The van der Waals surface area contributed by atoms with Crippen LogP contribution in [0.15, 0.2) is 36.7 Å². The molecule has 10 nitrogen and oxygen atoms in total. The Kier molecular flexibility index (Phi) is 7.27. The normalized spacial score (nSPS) is 16.1. The number of primary amides is 1. The fourth-order valence-electron chi connectivity index (χ4n) is 4.64. The standard InChI is InChI=1S/C26H28ClN7O3/c1-6-23(35)33-13-17(11-18(33)14-37-5)34-26(29-4)24(25(28)36)20(31-34)9-8-16-10-21-22(12-19(16)27)32(7-2)15(3)30-21/h6,10,12,14,17,29H,1,7,11,13H2,2-5H3,(H2,28,36)/b18-14+/t17-/m0/s1. The molecule has 1 atom stereocenters. The van der Waals surface area contributed by atoms with Crippen molar-refractivity contribution in [2.24, 2.45) is 5.73 Å². The number of anilines is 1. The number of carbonyl (C=O) groups is 2. The van der Waals surface area contributed by atoms with E-state index in [4.69, 9.17) is 22.1 Å². The van der Waals surface area contributed by atoms with E-state index in [1.165, 1.54) is 19.4 Å². The predicted octanol–water partition coefficient (Wildman–Crippen LogP) is 3.20. The number of aryl methyl sites for hydroxylation is 2. The van der Waals surface area contributed by atoms with E-state index in [2.05, 4.69) is 38.4 Å². The molecule has 37 heavy (non-hydrogen) atoms. The number of rotatable bonds is 6. The number of ether oxygens (including phenoxy) is 1. The van der Waals surface area contributed by atoms with Crippen molar-refractivity contribution in [1.82, 2.24) is 24.2 Å². The first kappa shape index (κ1) is 25.9. The van der Waals surface area contributed by atoms with Crippen LogP contribution in [0.4, 0.5) is 5.82 Å². The van der Waals surface area contributed by atoms with Crippen molar-refractivity contribution in [3.8, 4) is 11.8 Å². The van der Waals surface area contributed by atoms with E-state index in [0.29, 0.717) is 35.1 Å². The van der Waals surface area contributed by atoms with Gasteiger partial charge in [-0.1, -0.05) is 24.1 Å². The summed E-state index contributed by atoms with van der Waals surface area (Å²) in [4.78, 5) is 31.0. The minimum absolute atomic E-state index is 0.157. The number of likely N-dealkylation sites (tertiary alicyclic amines) is 1. The molecule has 0 unspecified atom stereocenters. The average Bonchev–Trinajstić information content (AvgIpc) is 3.54. The van der Waals surface area contributed by atoms with Crippen LogP contribution in [-0.4, -0.2) is 56.7 Å². The monoisotopic (exact) mass is 521 g/mol. The van der Waals surface area contributed by atoms with Gasteiger partial charge in [0.05, 0.1) is 34.9 Å². The summed E-state index contributed by atoms with van der Waals surface area (Å²) in [6, 6.07) is 3.37. The van der Waals surface area contributed by atoms with Gasteiger partial charge in [0.1, 0.15) is 23.5 Å². The van der Waals surface area contributed by atoms with Gasteiger partial charge < -0.3 is 25.3 Å². The number of methoxy groups -OCH3 is 1. The van der Waals surface area contributed by atoms with Crippen LogP contribution in [0, 0.1) is 18.8 Å². The Balaban J connectivity index is 1.78. The summed E-state index contributed by atoms with van der Waals surface area (Å²) >= 11 is 6.55. The summed E-state index contributed by atoms with van der Waals surface area (Å²) in [6.45, 7) is 8.64. The van der Waals surface area contributed by atoms with Gasteiger partial charge in [0.2, 0.25) is 5.91 Å². The van der Waals surface area contributed by atoms with Crippen LogP contribution >= 0.6 is 11.6 Å². The Bertz CT molecular complexity index is 1510. The topological polar surface area (TPSA) is 120 Å². The van der Waals surface area contributed by atoms with E-state index < -0.39 is 5.91 Å². The number of hydrogen-bond donors (Lipinski definition) is 2. The zero-order chi connectivity index (χ0) is 26.9. The first-order valence-corrected chi connectivity index (χ1v) is 12.1. The van der Waals surface area contributed by atoms with Gasteiger partial charge >= 0.3 is 0 Å². The zero-order valence-corrected chi connectivity index (χ0v) is 21.9. The maximum absolute atomic E-state index is 12.5. The molecule has 0 radical (unpaired) electrons. The minimum atomic E-state index is -0.677. The summed E-state index contributed by atoms with van der Waals surface area (Å²) < 4.78 is 8.86. The number of halogens is 1. The number of nitrogens with two attached hydrogens (primary N) is 1. The van der Waals surface area contributed by atoms with E-state index in [1.807, 2.05) is 26.0 Å². The molecular formula is C26H28ClN7O3. The maximum atomic E-state index is 12.5. The molecule has 3 aromatic rings. The molecule has 1 fully saturated rings. The average molecular weight is 522 g/mol. The van der Waals surface area contributed by atoms with Crippen LogP contribution < -0.4 is 11.1 Å². The second-order valence-electron chi connectivity index (χ2n) is 8.46. The molecule has 0 spiro atoms. The molecular weight excluding hydrogens is 494 g/mol. The lowest BCUT2D eigenvalue weighted by molar-refractivity contribution is -0.123. The maximum Gasteiger partial charge on any atom is 0.255 e. The lowest BCUT2D eigenvalue weighted by Crippen LogP contribution is -2.27. The quantitative estimate of drug-likeness (QED) is 0.292. The SMILES string of the molecule is C=CC(=O)N1C[C@@H](n2nc(C#Cc3cc4nc(C)n(CC)c4cc3Cl)c(C(N)=O)c2NC)C/C1=C\OC. The van der Waals surface area contributed by atoms with Gasteiger partial charge in [0.25, 0.3) is 5.91 Å². The van der Waals surface area contributed by atoms with E-state index >= 15 is 0 Å². The van der Waals surface area contributed by atoms with Crippen molar-refractivity contribution in [2.45, 2.75) is 32.9 Å². The number of nitrogens with one attached hydrogen (secondary N) is 1. The Morgan fingerprint density at radius 2 is 2.14 bits per heavy atom. The molecule has 3 N–H and O–H groups in total. The first-order valence-electron chi connectivity index (χ1n) is 11.7. The third kappa shape index (κ3) is 4.66. The van der Waals surface area contributed by atoms with Crippen molar-refractivity contribution in [2.75, 3.05) is 26.0 Å². The number of benzene rings is 1. The second-order valence-corrected chi connectivity index (χ2v) is 8.87. The smallest absolute Gasteiger partial charge is 0.255 e. The molecule has 1 aliphatic rings. The van der Waals surface area contributed by atoms with Crippen molar-refractivity contribution in [1.29, 1.82) is 0 Å². The van der Waals surface area contributed by atoms with Gasteiger partial charge in [0.15, 0.2) is 5.69 Å². The first-order chi connectivity index (χ1) is 17.7. The molecule has 0 saturated carbocycles. The Labute approximate surface area is 219 Å². The molecule has 1 aromatic carbocycles. The van der Waals surface area contributed by atoms with E-state index in [1.54, 1.807) is 16.6 Å². The predicted molar refractivity (Wildman–Crippen MR) is 142 cm³/mol. The van der Waals surface area contributed by atoms with Crippen molar-refractivity contribution in [3.05, 3.63) is 64.4 Å². The Morgan fingerprint density at radius 3 is 2.76 bits per heavy atom. The van der Waals surface area contributed by atoms with Gasteiger partial charge in [-0.25, -0.2) is 9.67 Å². The summed E-state index contributed by atoms with van der Waals surface area (Å²) in [5, 5.41) is 8.10. The zero-order valence-electron chi connectivity index (χ0n) is 21.1. The summed E-state index contributed by atoms with van der Waals surface area (Å²) in [7, 11) is 3.18. The van der Waals surface area contributed by atoms with Gasteiger partial charge in [-0.3, -0.25) is 9.59 Å². The highest BCUT2D eigenvalue weighted by Gasteiger charge is 2.35. The minimum Gasteiger partial charge on any atom is -0.503 e. The Morgan fingerprint density at radius 1 is 1.38 bits per heavy atom. The highest BCUT2D eigenvalue weighted by Crippen LogP contribution is 2.34. The Hall–Kier alpha value is -4.23. The van der Waals surface area contributed by atoms with Gasteiger partial charge in [0, 0.05) is 32.1 Å². The number of amides is 2. The van der Waals surface area contributed by atoms with Gasteiger partial charge in [-0.2, -0.15) is 5.10 Å². The third-order valence-corrected chi connectivity index (χ3v) is 6.59. The van der Waals surface area contributed by atoms with Crippen LogP contribution in [0.5, 0.6) is 0 Å². The van der Waals surface area contributed by atoms with Crippen LogP contribution in [0.3, 0.4) is 0 Å². The van der Waals surface area contributed by atoms with Crippen molar-refractivity contribution in [3.63, 3.8) is 0 Å². The number of allylic oxidation sites excluding steroid dienone is 1. The van der Waals surface area contributed by atoms with Crippen molar-refractivity contribution >= 4 is 40.3 Å². The summed E-state index contributed by atoms with van der Waals surface area (Å²) in [5.74, 6) is 6.36. The molecule has 192 valence electrons. The molecule has 0 bridgehead atoms. The highest BCUT2D eigenvalue weighted by atomic mass is 35.5. The lowest BCUT2D eigenvalue weighted by Gasteiger charge is -2.16. The van der Waals surface area contributed by atoms with Crippen LogP contribution in [-0.2, 0) is 16.1 Å². The number of hydrogen-bond acceptors (Lipinski definition) is 6. The lowest BCUT2D eigenvalue weighted by atomic mass is 10.1. The molecule has 2 aromatic heterocycles. The molecule has 1 aliphatic heterocycles. The molecule has 1 saturated heterocycles. The fraction of sp³-hybridized carbons (Fsp3) is 0.308. The number of aromatic nitrogens is 4. The second kappa shape index (κ2) is 10.4. The summed E-state index contributed by atoms with van der Waals surface area (Å²) in [5.41, 5.74) is 9.02. The number of fused-ring (bicyclic) bond motifs is 1. The number of nitrogens with zero attached hydrogens (tertiary/aromatic N) is 5. The molecule has 3 heterocycles. The van der Waals surface area contributed by atoms with E-state index in [0.717, 1.165) is 23.4 Å². The molecule has 2 amide bonds. The summed E-state index contributed by atoms with van der Waals surface area (Å²) in [6.07, 6.45) is 3.20. The largest absolute Gasteiger partial charge is 0.503 e. The van der Waals surface area contributed by atoms with Gasteiger partial charge in [-0.05, 0) is 38.0 Å². The number of imidazole rings is 1. The van der Waals surface area contributed by atoms with E-state index in [-0.39, 0.29) is 23.2 Å². The number of carbonyl (C=O) groups excluding carboxylic acids is 2. The molecule has 0 aliphatic carbocycles. The molecule has 11 heteroatoms. The van der Waals surface area contributed by atoms with Gasteiger partial charge in [-0.15, -0.1) is 0 Å². The highest BCUT2D eigenvalue weighted by molar-refractivity contribution is 6.32. The molecule has 4 rings (SSSR count). The van der Waals surface area contributed by atoms with Crippen LogP contribution in [0.2, 0.25) is 5.02 Å². The van der Waals surface area contributed by atoms with E-state index in [9.17, 15) is 9.59 Å². The van der Waals surface area contributed by atoms with Crippen molar-refractivity contribution < 1.29 is 14.3 Å². The van der Waals surface area contributed by atoms with Crippen LogP contribution in [0.25, 0.3) is 11.0 Å². The van der Waals surface area contributed by atoms with Crippen LogP contribution in [0.1, 0.15) is 46.8 Å². The fourth-order valence-corrected chi connectivity index (χ4v) is 4.85.